The standard InChI is InChI=1S/C18H29N3O2S/c1-13(2)18(23)21-8-5-6-14(11-21)17(22)19-10-16(20(3)4)15-7-9-24-12-15/h7,9,12-14,16H,5-6,8,10-11H2,1-4H3,(H,19,22)/t14-,16-/m0/s1. The molecule has 0 saturated carbocycles. The molecule has 2 heterocycles. The van der Waals surface area contributed by atoms with E-state index in [4.69, 9.17) is 0 Å². The van der Waals surface area contributed by atoms with Crippen molar-refractivity contribution in [2.45, 2.75) is 32.7 Å². The van der Waals surface area contributed by atoms with E-state index in [-0.39, 0.29) is 29.7 Å². The number of hydrogen-bond acceptors (Lipinski definition) is 4. The molecule has 2 amide bonds. The lowest BCUT2D eigenvalue weighted by Gasteiger charge is -2.33. The molecular formula is C18H29N3O2S. The number of hydrogen-bond donors (Lipinski definition) is 1. The van der Waals surface area contributed by atoms with Crippen LogP contribution in [-0.4, -0.2) is 55.3 Å². The lowest BCUT2D eigenvalue weighted by Crippen LogP contribution is -2.47. The summed E-state index contributed by atoms with van der Waals surface area (Å²) < 4.78 is 0. The van der Waals surface area contributed by atoms with Crippen molar-refractivity contribution in [2.24, 2.45) is 11.8 Å². The summed E-state index contributed by atoms with van der Waals surface area (Å²) in [6.07, 6.45) is 1.76. The highest BCUT2D eigenvalue weighted by molar-refractivity contribution is 7.07. The Morgan fingerprint density at radius 1 is 1.42 bits per heavy atom. The van der Waals surface area contributed by atoms with E-state index in [1.54, 1.807) is 11.3 Å². The second kappa shape index (κ2) is 8.62. The topological polar surface area (TPSA) is 52.7 Å². The van der Waals surface area contributed by atoms with E-state index in [0.717, 1.165) is 19.4 Å². The Morgan fingerprint density at radius 3 is 2.75 bits per heavy atom. The van der Waals surface area contributed by atoms with Gasteiger partial charge in [0.25, 0.3) is 0 Å². The van der Waals surface area contributed by atoms with E-state index in [0.29, 0.717) is 13.1 Å². The lowest BCUT2D eigenvalue weighted by atomic mass is 9.96. The summed E-state index contributed by atoms with van der Waals surface area (Å²) in [6, 6.07) is 2.28. The van der Waals surface area contributed by atoms with Crippen molar-refractivity contribution in [3.05, 3.63) is 22.4 Å². The third kappa shape index (κ3) is 4.80. The van der Waals surface area contributed by atoms with Crippen LogP contribution in [0.1, 0.15) is 38.3 Å². The number of rotatable bonds is 6. The number of nitrogens with zero attached hydrogens (tertiary/aromatic N) is 2. The Balaban J connectivity index is 1.90. The van der Waals surface area contributed by atoms with Crippen LogP contribution >= 0.6 is 11.3 Å². The smallest absolute Gasteiger partial charge is 0.225 e. The third-order valence-electron chi connectivity index (χ3n) is 4.62. The van der Waals surface area contributed by atoms with Gasteiger partial charge in [-0.3, -0.25) is 9.59 Å². The molecule has 1 fully saturated rings. The predicted molar refractivity (Wildman–Crippen MR) is 97.9 cm³/mol. The van der Waals surface area contributed by atoms with Gasteiger partial charge in [0.1, 0.15) is 0 Å². The molecule has 2 rings (SSSR count). The Bertz CT molecular complexity index is 542. The molecule has 0 aromatic carbocycles. The van der Waals surface area contributed by atoms with Crippen LogP contribution in [0.5, 0.6) is 0 Å². The highest BCUT2D eigenvalue weighted by atomic mass is 32.1. The summed E-state index contributed by atoms with van der Waals surface area (Å²) in [5.74, 6) is 0.116. The van der Waals surface area contributed by atoms with Crippen molar-refractivity contribution >= 4 is 23.2 Å². The van der Waals surface area contributed by atoms with Crippen molar-refractivity contribution in [1.82, 2.24) is 15.1 Å². The minimum atomic E-state index is -0.0910. The minimum absolute atomic E-state index is 0.0106. The minimum Gasteiger partial charge on any atom is -0.354 e. The van der Waals surface area contributed by atoms with Crippen molar-refractivity contribution in [2.75, 3.05) is 33.7 Å². The molecule has 1 aliphatic rings. The maximum absolute atomic E-state index is 12.6. The largest absolute Gasteiger partial charge is 0.354 e. The first-order valence-electron chi connectivity index (χ1n) is 8.65. The number of likely N-dealkylation sites (N-methyl/N-ethyl adjacent to an activating group) is 1. The molecule has 0 bridgehead atoms. The van der Waals surface area contributed by atoms with Crippen LogP contribution in [0.15, 0.2) is 16.8 Å². The average molecular weight is 352 g/mol. The molecule has 0 radical (unpaired) electrons. The Labute approximate surface area is 149 Å². The molecule has 5 nitrogen and oxygen atoms in total. The van der Waals surface area contributed by atoms with Crippen LogP contribution in [0.25, 0.3) is 0 Å². The molecule has 1 N–H and O–H groups in total. The summed E-state index contributed by atoms with van der Waals surface area (Å²) in [4.78, 5) is 28.7. The van der Waals surface area contributed by atoms with Gasteiger partial charge in [0, 0.05) is 25.6 Å². The molecule has 1 aliphatic heterocycles. The summed E-state index contributed by atoms with van der Waals surface area (Å²) >= 11 is 1.67. The van der Waals surface area contributed by atoms with Crippen molar-refractivity contribution in [3.8, 4) is 0 Å². The second-order valence-corrected chi connectivity index (χ2v) is 7.84. The molecule has 24 heavy (non-hydrogen) atoms. The highest BCUT2D eigenvalue weighted by Gasteiger charge is 2.29. The van der Waals surface area contributed by atoms with E-state index in [1.807, 2.05) is 32.8 Å². The fourth-order valence-corrected chi connectivity index (χ4v) is 3.87. The van der Waals surface area contributed by atoms with Crippen molar-refractivity contribution < 1.29 is 9.59 Å². The summed E-state index contributed by atoms with van der Waals surface area (Å²) in [7, 11) is 4.05. The molecule has 1 aromatic heterocycles. The maximum Gasteiger partial charge on any atom is 0.225 e. The Kier molecular flexibility index (Phi) is 6.80. The van der Waals surface area contributed by atoms with Gasteiger partial charge in [-0.1, -0.05) is 13.8 Å². The molecule has 0 unspecified atom stereocenters. The maximum atomic E-state index is 12.6. The lowest BCUT2D eigenvalue weighted by molar-refractivity contribution is -0.138. The zero-order valence-corrected chi connectivity index (χ0v) is 15.9. The van der Waals surface area contributed by atoms with Gasteiger partial charge < -0.3 is 15.1 Å². The quantitative estimate of drug-likeness (QED) is 0.856. The van der Waals surface area contributed by atoms with E-state index < -0.39 is 0 Å². The summed E-state index contributed by atoms with van der Waals surface area (Å²) in [6.45, 7) is 5.74. The monoisotopic (exact) mass is 351 g/mol. The van der Waals surface area contributed by atoms with E-state index in [1.165, 1.54) is 5.56 Å². The Hall–Kier alpha value is -1.40. The molecular weight excluding hydrogens is 322 g/mol. The summed E-state index contributed by atoms with van der Waals surface area (Å²) in [5.41, 5.74) is 1.23. The first-order chi connectivity index (χ1) is 11.4. The zero-order valence-electron chi connectivity index (χ0n) is 15.1. The fourth-order valence-electron chi connectivity index (χ4n) is 3.16. The zero-order chi connectivity index (χ0) is 17.7. The SMILES string of the molecule is CC(C)C(=O)N1CCC[C@H](C(=O)NC[C@@H](c2ccsc2)N(C)C)C1. The predicted octanol–water partition coefficient (Wildman–Crippen LogP) is 2.36. The van der Waals surface area contributed by atoms with E-state index in [2.05, 4.69) is 27.0 Å². The highest BCUT2D eigenvalue weighted by Crippen LogP contribution is 2.22. The van der Waals surface area contributed by atoms with Crippen LogP contribution in [0.4, 0.5) is 0 Å². The number of carbonyl (C=O) groups is 2. The van der Waals surface area contributed by atoms with Gasteiger partial charge in [0.05, 0.1) is 12.0 Å². The molecule has 6 heteroatoms. The molecule has 0 spiro atoms. The van der Waals surface area contributed by atoms with Crippen molar-refractivity contribution in [3.63, 3.8) is 0 Å². The fraction of sp³-hybridized carbons (Fsp3) is 0.667. The van der Waals surface area contributed by atoms with Crippen molar-refractivity contribution in [1.29, 1.82) is 0 Å². The molecule has 2 atom stereocenters. The number of piperidine rings is 1. The van der Waals surface area contributed by atoms with Gasteiger partial charge >= 0.3 is 0 Å². The number of carbonyl (C=O) groups excluding carboxylic acids is 2. The third-order valence-corrected chi connectivity index (χ3v) is 5.32. The molecule has 1 aromatic rings. The molecule has 134 valence electrons. The molecule has 0 aliphatic carbocycles. The number of nitrogens with one attached hydrogen (secondary N) is 1. The van der Waals surface area contributed by atoms with Crippen LogP contribution < -0.4 is 5.32 Å². The van der Waals surface area contributed by atoms with Gasteiger partial charge in [0.15, 0.2) is 0 Å². The molecule has 1 saturated heterocycles. The van der Waals surface area contributed by atoms with Gasteiger partial charge in [-0.05, 0) is 49.3 Å². The van der Waals surface area contributed by atoms with Crippen LogP contribution in [0.3, 0.4) is 0 Å². The number of amides is 2. The van der Waals surface area contributed by atoms with Gasteiger partial charge in [-0.15, -0.1) is 0 Å². The first-order valence-corrected chi connectivity index (χ1v) is 9.59. The van der Waals surface area contributed by atoms with E-state index >= 15 is 0 Å². The van der Waals surface area contributed by atoms with Gasteiger partial charge in [0.2, 0.25) is 11.8 Å². The summed E-state index contributed by atoms with van der Waals surface area (Å²) in [5, 5.41) is 7.28. The number of likely N-dealkylation sites (tertiary alicyclic amines) is 1. The second-order valence-electron chi connectivity index (χ2n) is 7.06. The van der Waals surface area contributed by atoms with Gasteiger partial charge in [-0.2, -0.15) is 11.3 Å². The van der Waals surface area contributed by atoms with Gasteiger partial charge in [-0.25, -0.2) is 0 Å². The average Bonchev–Trinajstić information content (AvgIpc) is 3.08. The Morgan fingerprint density at radius 2 is 2.17 bits per heavy atom. The van der Waals surface area contributed by atoms with E-state index in [9.17, 15) is 9.59 Å². The van der Waals surface area contributed by atoms with Crippen LogP contribution in [0.2, 0.25) is 0 Å². The number of thiophene rings is 1. The van der Waals surface area contributed by atoms with Crippen LogP contribution in [0, 0.1) is 11.8 Å². The first kappa shape index (κ1) is 18.9. The normalized spacial score (nSPS) is 19.6. The van der Waals surface area contributed by atoms with Crippen LogP contribution in [-0.2, 0) is 9.59 Å².